The van der Waals surface area contributed by atoms with Crippen molar-refractivity contribution in [1.29, 1.82) is 0 Å². The molecule has 0 spiro atoms. The van der Waals surface area contributed by atoms with Crippen molar-refractivity contribution in [2.24, 2.45) is 0 Å². The highest BCUT2D eigenvalue weighted by Gasteiger charge is 2.19. The van der Waals surface area contributed by atoms with Gasteiger partial charge in [0.15, 0.2) is 6.61 Å². The Morgan fingerprint density at radius 2 is 2.08 bits per heavy atom. The molecular formula is C16H16N2O6S. The van der Waals surface area contributed by atoms with Crippen molar-refractivity contribution in [1.82, 2.24) is 0 Å². The van der Waals surface area contributed by atoms with Gasteiger partial charge < -0.3 is 14.8 Å². The molecule has 1 N–H and O–H groups in total. The number of esters is 1. The van der Waals surface area contributed by atoms with E-state index < -0.39 is 23.4 Å². The quantitative estimate of drug-likeness (QED) is 0.459. The molecule has 9 heteroatoms. The van der Waals surface area contributed by atoms with Crippen molar-refractivity contribution in [3.63, 3.8) is 0 Å². The molecule has 1 amide bonds. The van der Waals surface area contributed by atoms with Gasteiger partial charge in [0.2, 0.25) is 0 Å². The summed E-state index contributed by atoms with van der Waals surface area (Å²) >= 11 is 1.22. The Hall–Kier alpha value is -2.94. The summed E-state index contributed by atoms with van der Waals surface area (Å²) in [7, 11) is 0. The topological polar surface area (TPSA) is 108 Å². The van der Waals surface area contributed by atoms with Crippen LogP contribution in [0, 0.1) is 17.0 Å². The van der Waals surface area contributed by atoms with E-state index in [9.17, 15) is 19.7 Å². The number of nitro benzene ring substituents is 1. The molecule has 1 heterocycles. The third-order valence-corrected chi connectivity index (χ3v) is 4.13. The second kappa shape index (κ2) is 8.25. The summed E-state index contributed by atoms with van der Waals surface area (Å²) < 4.78 is 10.1. The monoisotopic (exact) mass is 364 g/mol. The summed E-state index contributed by atoms with van der Waals surface area (Å²) in [4.78, 5) is 34.7. The van der Waals surface area contributed by atoms with Crippen LogP contribution in [0.4, 0.5) is 11.4 Å². The number of nitro groups is 1. The number of ether oxygens (including phenoxy) is 2. The van der Waals surface area contributed by atoms with Crippen molar-refractivity contribution in [3.05, 3.63) is 50.2 Å². The molecule has 0 radical (unpaired) electrons. The normalized spacial score (nSPS) is 10.2. The zero-order chi connectivity index (χ0) is 18.4. The molecule has 1 aromatic carbocycles. The predicted octanol–water partition coefficient (Wildman–Crippen LogP) is 3.16. The summed E-state index contributed by atoms with van der Waals surface area (Å²) in [5.41, 5.74) is 0.457. The molecule has 2 aromatic rings. The Labute approximate surface area is 147 Å². The fourth-order valence-corrected chi connectivity index (χ4v) is 2.81. The van der Waals surface area contributed by atoms with E-state index in [1.807, 2.05) is 0 Å². The number of nitrogens with one attached hydrogen (secondary N) is 1. The number of amides is 1. The Kier molecular flexibility index (Phi) is 6.07. The number of carbonyl (C=O) groups excluding carboxylic acids is 2. The van der Waals surface area contributed by atoms with Crippen LogP contribution in [0.3, 0.4) is 0 Å². The largest absolute Gasteiger partial charge is 0.494 e. The van der Waals surface area contributed by atoms with Crippen LogP contribution in [0.15, 0.2) is 29.6 Å². The number of aryl methyl sites for hydroxylation is 1. The van der Waals surface area contributed by atoms with Crippen LogP contribution < -0.4 is 10.1 Å². The van der Waals surface area contributed by atoms with Crippen molar-refractivity contribution < 1.29 is 24.0 Å². The van der Waals surface area contributed by atoms with E-state index in [1.165, 1.54) is 29.5 Å². The van der Waals surface area contributed by atoms with Crippen LogP contribution in [0.5, 0.6) is 5.75 Å². The molecule has 0 saturated heterocycles. The summed E-state index contributed by atoms with van der Waals surface area (Å²) in [5, 5.41) is 15.2. The molecule has 25 heavy (non-hydrogen) atoms. The number of benzene rings is 1. The Morgan fingerprint density at radius 1 is 1.32 bits per heavy atom. The first-order valence-electron chi connectivity index (χ1n) is 7.34. The van der Waals surface area contributed by atoms with Crippen LogP contribution >= 0.6 is 11.3 Å². The molecule has 0 aliphatic rings. The van der Waals surface area contributed by atoms with Crippen molar-refractivity contribution in [2.45, 2.75) is 13.8 Å². The standard InChI is InChI=1S/C16H16N2O6S/c1-3-23-11-4-5-12(13(8-11)18(21)22)17-14(19)9-24-16(20)15-10(2)6-7-25-15/h4-8H,3,9H2,1-2H3,(H,17,19). The van der Waals surface area contributed by atoms with Crippen LogP contribution in [0.1, 0.15) is 22.2 Å². The maximum atomic E-state index is 11.9. The minimum atomic E-state index is -0.671. The summed E-state index contributed by atoms with van der Waals surface area (Å²) in [5.74, 6) is -0.953. The van der Waals surface area contributed by atoms with Crippen molar-refractivity contribution >= 4 is 34.6 Å². The van der Waals surface area contributed by atoms with Crippen LogP contribution in [-0.2, 0) is 9.53 Å². The number of anilines is 1. The Morgan fingerprint density at radius 3 is 2.68 bits per heavy atom. The van der Waals surface area contributed by atoms with Gasteiger partial charge in [-0.05, 0) is 43.0 Å². The van der Waals surface area contributed by atoms with Gasteiger partial charge in [0.1, 0.15) is 16.3 Å². The van der Waals surface area contributed by atoms with Crippen LogP contribution in [0.25, 0.3) is 0 Å². The number of hydrogen-bond donors (Lipinski definition) is 1. The fourth-order valence-electron chi connectivity index (χ4n) is 1.99. The first kappa shape index (κ1) is 18.4. The lowest BCUT2D eigenvalue weighted by atomic mass is 10.2. The third kappa shape index (κ3) is 4.77. The highest BCUT2D eigenvalue weighted by molar-refractivity contribution is 7.12. The van der Waals surface area contributed by atoms with E-state index in [4.69, 9.17) is 9.47 Å². The average Bonchev–Trinajstić information content (AvgIpc) is 3.00. The van der Waals surface area contributed by atoms with E-state index in [0.29, 0.717) is 17.2 Å². The molecular weight excluding hydrogens is 348 g/mol. The average molecular weight is 364 g/mol. The van der Waals surface area contributed by atoms with Gasteiger partial charge in [-0.3, -0.25) is 14.9 Å². The van der Waals surface area contributed by atoms with Crippen molar-refractivity contribution in [2.75, 3.05) is 18.5 Å². The highest BCUT2D eigenvalue weighted by Crippen LogP contribution is 2.29. The molecule has 0 aliphatic carbocycles. The van der Waals surface area contributed by atoms with E-state index in [0.717, 1.165) is 5.56 Å². The van der Waals surface area contributed by atoms with Gasteiger partial charge in [0.05, 0.1) is 17.6 Å². The van der Waals surface area contributed by atoms with Crippen molar-refractivity contribution in [3.8, 4) is 5.75 Å². The molecule has 0 atom stereocenters. The summed E-state index contributed by atoms with van der Waals surface area (Å²) in [6, 6.07) is 5.87. The molecule has 0 unspecified atom stereocenters. The van der Waals surface area contributed by atoms with Gasteiger partial charge in [-0.2, -0.15) is 0 Å². The molecule has 0 bridgehead atoms. The summed E-state index contributed by atoms with van der Waals surface area (Å²) in [6.07, 6.45) is 0. The maximum Gasteiger partial charge on any atom is 0.349 e. The van der Waals surface area contributed by atoms with E-state index in [1.54, 1.807) is 25.3 Å². The maximum absolute atomic E-state index is 11.9. The lowest BCUT2D eigenvalue weighted by molar-refractivity contribution is -0.384. The van der Waals surface area contributed by atoms with E-state index >= 15 is 0 Å². The molecule has 0 saturated carbocycles. The second-order valence-electron chi connectivity index (χ2n) is 4.93. The second-order valence-corrected chi connectivity index (χ2v) is 5.84. The Bertz CT molecular complexity index is 802. The van der Waals surface area contributed by atoms with Gasteiger partial charge in [-0.1, -0.05) is 0 Å². The summed E-state index contributed by atoms with van der Waals surface area (Å²) in [6.45, 7) is 3.34. The smallest absolute Gasteiger partial charge is 0.349 e. The molecule has 0 fully saturated rings. The van der Waals surface area contributed by atoms with Crippen LogP contribution in [0.2, 0.25) is 0 Å². The van der Waals surface area contributed by atoms with Gasteiger partial charge in [-0.25, -0.2) is 4.79 Å². The highest BCUT2D eigenvalue weighted by atomic mass is 32.1. The molecule has 1 aromatic heterocycles. The first-order chi connectivity index (χ1) is 11.9. The SMILES string of the molecule is CCOc1ccc(NC(=O)COC(=O)c2sccc2C)c([N+](=O)[O-])c1. The number of nitrogens with zero attached hydrogens (tertiary/aromatic N) is 1. The first-order valence-corrected chi connectivity index (χ1v) is 8.22. The lowest BCUT2D eigenvalue weighted by Crippen LogP contribution is -2.21. The number of carbonyl (C=O) groups is 2. The van der Waals surface area contributed by atoms with Crippen LogP contribution in [-0.4, -0.2) is 30.0 Å². The molecule has 0 aliphatic heterocycles. The van der Waals surface area contributed by atoms with Gasteiger partial charge in [0, 0.05) is 0 Å². The van der Waals surface area contributed by atoms with E-state index in [-0.39, 0.29) is 11.4 Å². The molecule has 8 nitrogen and oxygen atoms in total. The number of hydrogen-bond acceptors (Lipinski definition) is 7. The zero-order valence-corrected chi connectivity index (χ0v) is 14.4. The Balaban J connectivity index is 2.01. The number of rotatable bonds is 7. The van der Waals surface area contributed by atoms with Gasteiger partial charge >= 0.3 is 5.97 Å². The minimum absolute atomic E-state index is 0.00167. The van der Waals surface area contributed by atoms with Gasteiger partial charge in [0.25, 0.3) is 11.6 Å². The zero-order valence-electron chi connectivity index (χ0n) is 13.6. The number of thiophene rings is 1. The van der Waals surface area contributed by atoms with Gasteiger partial charge in [-0.15, -0.1) is 11.3 Å². The fraction of sp³-hybridized carbons (Fsp3) is 0.250. The lowest BCUT2D eigenvalue weighted by Gasteiger charge is -2.09. The molecule has 132 valence electrons. The third-order valence-electron chi connectivity index (χ3n) is 3.13. The predicted molar refractivity (Wildman–Crippen MR) is 92.2 cm³/mol. The minimum Gasteiger partial charge on any atom is -0.494 e. The molecule has 2 rings (SSSR count). The van der Waals surface area contributed by atoms with E-state index in [2.05, 4.69) is 5.32 Å².